The molecule has 2 heterocycles. The molecule has 1 atom stereocenters. The fourth-order valence-electron chi connectivity index (χ4n) is 2.28. The van der Waals surface area contributed by atoms with E-state index in [-0.39, 0.29) is 11.9 Å². The summed E-state index contributed by atoms with van der Waals surface area (Å²) in [6, 6.07) is 6.90. The maximum atomic E-state index is 13.7. The second-order valence-corrected chi connectivity index (χ2v) is 5.26. The number of aromatic nitrogens is 2. The van der Waals surface area contributed by atoms with Crippen molar-refractivity contribution in [3.05, 3.63) is 48.2 Å². The van der Waals surface area contributed by atoms with E-state index in [0.29, 0.717) is 11.3 Å². The highest BCUT2D eigenvalue weighted by Crippen LogP contribution is 2.24. The summed E-state index contributed by atoms with van der Waals surface area (Å²) < 4.78 is 45.4. The molecular weight excluding hydrogens is 342 g/mol. The Balaban J connectivity index is 0.000000277. The van der Waals surface area contributed by atoms with Crippen molar-refractivity contribution in [2.24, 2.45) is 0 Å². The van der Waals surface area contributed by atoms with Crippen molar-refractivity contribution in [1.29, 1.82) is 0 Å². The van der Waals surface area contributed by atoms with Crippen LogP contribution in [0.25, 0.3) is 11.3 Å². The van der Waals surface area contributed by atoms with Gasteiger partial charge in [-0.05, 0) is 31.5 Å². The molecule has 3 rings (SSSR count). The molecule has 0 radical (unpaired) electrons. The molecule has 9 heteroatoms. The van der Waals surface area contributed by atoms with Gasteiger partial charge in [0.2, 0.25) is 0 Å². The van der Waals surface area contributed by atoms with E-state index in [4.69, 9.17) is 9.90 Å². The van der Waals surface area contributed by atoms with Gasteiger partial charge in [-0.25, -0.2) is 14.2 Å². The maximum Gasteiger partial charge on any atom is 0.490 e. The highest BCUT2D eigenvalue weighted by Gasteiger charge is 2.38. The molecule has 134 valence electrons. The lowest BCUT2D eigenvalue weighted by atomic mass is 10.1. The number of hydrogen-bond donors (Lipinski definition) is 2. The van der Waals surface area contributed by atoms with E-state index in [2.05, 4.69) is 15.3 Å². The van der Waals surface area contributed by atoms with E-state index < -0.39 is 12.1 Å². The molecule has 1 aliphatic heterocycles. The minimum atomic E-state index is -5.08. The van der Waals surface area contributed by atoms with Crippen LogP contribution in [0.2, 0.25) is 0 Å². The van der Waals surface area contributed by atoms with Crippen LogP contribution in [0.1, 0.15) is 24.6 Å². The number of benzene rings is 1. The normalized spacial score (nSPS) is 16.9. The number of halogens is 4. The summed E-state index contributed by atoms with van der Waals surface area (Å²) in [5.41, 5.74) is 2.00. The van der Waals surface area contributed by atoms with Crippen LogP contribution in [0, 0.1) is 5.82 Å². The van der Waals surface area contributed by atoms with Gasteiger partial charge < -0.3 is 10.4 Å². The zero-order chi connectivity index (χ0) is 18.4. The van der Waals surface area contributed by atoms with E-state index in [1.165, 1.54) is 6.07 Å². The summed E-state index contributed by atoms with van der Waals surface area (Å²) in [7, 11) is 0. The Morgan fingerprint density at radius 3 is 2.48 bits per heavy atom. The first-order valence-electron chi connectivity index (χ1n) is 7.39. The van der Waals surface area contributed by atoms with Gasteiger partial charge in [-0.15, -0.1) is 0 Å². The lowest BCUT2D eigenvalue weighted by molar-refractivity contribution is -0.192. The van der Waals surface area contributed by atoms with E-state index in [1.807, 2.05) is 0 Å². The van der Waals surface area contributed by atoms with Crippen LogP contribution in [0.15, 0.2) is 36.7 Å². The Morgan fingerprint density at radius 1 is 1.24 bits per heavy atom. The summed E-state index contributed by atoms with van der Waals surface area (Å²) in [5, 5.41) is 10.5. The predicted octanol–water partition coefficient (Wildman–Crippen LogP) is 3.34. The van der Waals surface area contributed by atoms with Crippen molar-refractivity contribution < 1.29 is 27.5 Å². The van der Waals surface area contributed by atoms with Gasteiger partial charge in [0, 0.05) is 5.56 Å². The van der Waals surface area contributed by atoms with Crippen molar-refractivity contribution in [3.8, 4) is 11.3 Å². The third-order valence-electron chi connectivity index (χ3n) is 3.46. The summed E-state index contributed by atoms with van der Waals surface area (Å²) in [4.78, 5) is 17.6. The van der Waals surface area contributed by atoms with Crippen LogP contribution >= 0.6 is 0 Å². The van der Waals surface area contributed by atoms with Crippen LogP contribution < -0.4 is 5.32 Å². The van der Waals surface area contributed by atoms with Crippen molar-refractivity contribution in [2.75, 3.05) is 6.54 Å². The van der Waals surface area contributed by atoms with Crippen molar-refractivity contribution in [3.63, 3.8) is 0 Å². The van der Waals surface area contributed by atoms with E-state index in [9.17, 15) is 17.6 Å². The van der Waals surface area contributed by atoms with Crippen LogP contribution in [0.3, 0.4) is 0 Å². The van der Waals surface area contributed by atoms with Crippen LogP contribution in [0.5, 0.6) is 0 Å². The molecule has 1 aromatic heterocycles. The topological polar surface area (TPSA) is 75.1 Å². The molecule has 0 aliphatic carbocycles. The molecule has 0 bridgehead atoms. The molecule has 1 fully saturated rings. The Hall–Kier alpha value is -2.55. The summed E-state index contributed by atoms with van der Waals surface area (Å²) in [5.74, 6) is -3.02. The molecule has 0 spiro atoms. The molecule has 2 N–H and O–H groups in total. The van der Waals surface area contributed by atoms with Gasteiger partial charge in [-0.2, -0.15) is 13.2 Å². The van der Waals surface area contributed by atoms with Crippen molar-refractivity contribution in [1.82, 2.24) is 15.3 Å². The summed E-state index contributed by atoms with van der Waals surface area (Å²) in [6.07, 6.45) is 0.496. The average Bonchev–Trinajstić information content (AvgIpc) is 3.10. The standard InChI is InChI=1S/C14H14FN3.C2HF3O2/c15-11-5-2-1-4-10(11)13-8-16-9-14(18-13)12-6-3-7-17-12;3-2(4,5)1(6)7/h1-2,4-5,8-9,12,17H,3,6-7H2;(H,6,7). The number of carbonyl (C=O) groups is 1. The molecule has 0 saturated carbocycles. The zero-order valence-corrected chi connectivity index (χ0v) is 12.9. The first-order valence-corrected chi connectivity index (χ1v) is 7.39. The highest BCUT2D eigenvalue weighted by molar-refractivity contribution is 5.73. The average molecular weight is 357 g/mol. The van der Waals surface area contributed by atoms with Gasteiger partial charge >= 0.3 is 12.1 Å². The third-order valence-corrected chi connectivity index (χ3v) is 3.46. The largest absolute Gasteiger partial charge is 0.490 e. The Kier molecular flexibility index (Phi) is 6.02. The summed E-state index contributed by atoms with van der Waals surface area (Å²) in [6.45, 7) is 1.01. The number of carboxylic acids is 1. The van der Waals surface area contributed by atoms with E-state index >= 15 is 0 Å². The molecule has 2 aromatic rings. The molecule has 25 heavy (non-hydrogen) atoms. The van der Waals surface area contributed by atoms with Crippen LogP contribution in [0.4, 0.5) is 17.6 Å². The fraction of sp³-hybridized carbons (Fsp3) is 0.312. The number of rotatable bonds is 2. The lowest BCUT2D eigenvalue weighted by Gasteiger charge is -2.10. The van der Waals surface area contributed by atoms with Gasteiger partial charge in [0.1, 0.15) is 5.82 Å². The smallest absolute Gasteiger partial charge is 0.475 e. The van der Waals surface area contributed by atoms with Gasteiger partial charge in [0.15, 0.2) is 0 Å². The van der Waals surface area contributed by atoms with Crippen molar-refractivity contribution in [2.45, 2.75) is 25.1 Å². The second kappa shape index (κ2) is 8.02. The lowest BCUT2D eigenvalue weighted by Crippen LogP contribution is -2.21. The highest BCUT2D eigenvalue weighted by atomic mass is 19.4. The van der Waals surface area contributed by atoms with Crippen LogP contribution in [-0.2, 0) is 4.79 Å². The first kappa shape index (κ1) is 18.8. The predicted molar refractivity (Wildman–Crippen MR) is 81.1 cm³/mol. The Labute approximate surface area is 140 Å². The zero-order valence-electron chi connectivity index (χ0n) is 12.9. The number of alkyl halides is 3. The van der Waals surface area contributed by atoms with Gasteiger partial charge in [0.25, 0.3) is 0 Å². The molecule has 1 unspecified atom stereocenters. The Morgan fingerprint density at radius 2 is 1.92 bits per heavy atom. The fourth-order valence-corrected chi connectivity index (χ4v) is 2.28. The monoisotopic (exact) mass is 357 g/mol. The SMILES string of the molecule is Fc1ccccc1-c1cncc(C2CCCN2)n1.O=C(O)C(F)(F)F. The number of nitrogens with zero attached hydrogens (tertiary/aromatic N) is 2. The number of carboxylic acid groups (broad SMARTS) is 1. The third kappa shape index (κ3) is 5.21. The van der Waals surface area contributed by atoms with E-state index in [0.717, 1.165) is 25.1 Å². The quantitative estimate of drug-likeness (QED) is 0.807. The number of nitrogens with one attached hydrogen (secondary N) is 1. The molecule has 1 aliphatic rings. The molecule has 5 nitrogen and oxygen atoms in total. The first-order chi connectivity index (χ1) is 11.8. The molecule has 1 aromatic carbocycles. The number of aliphatic carboxylic acids is 1. The van der Waals surface area contributed by atoms with Gasteiger partial charge in [0.05, 0.1) is 29.8 Å². The van der Waals surface area contributed by atoms with Crippen molar-refractivity contribution >= 4 is 5.97 Å². The molecular formula is C16H15F4N3O2. The Bertz CT molecular complexity index is 731. The number of hydrogen-bond acceptors (Lipinski definition) is 4. The maximum absolute atomic E-state index is 13.7. The minimum Gasteiger partial charge on any atom is -0.475 e. The molecule has 0 amide bonds. The van der Waals surface area contributed by atoms with E-state index in [1.54, 1.807) is 30.6 Å². The molecule has 1 saturated heterocycles. The minimum absolute atomic E-state index is 0.254. The van der Waals surface area contributed by atoms with Crippen LogP contribution in [-0.4, -0.2) is 33.8 Å². The summed E-state index contributed by atoms with van der Waals surface area (Å²) >= 11 is 0. The second-order valence-electron chi connectivity index (χ2n) is 5.26. The van der Waals surface area contributed by atoms with Gasteiger partial charge in [-0.3, -0.25) is 4.98 Å². The van der Waals surface area contributed by atoms with Gasteiger partial charge in [-0.1, -0.05) is 12.1 Å².